The molecule has 0 bridgehead atoms. The number of aromatic nitrogens is 4. The average Bonchev–Trinajstić information content (AvgIpc) is 3.34. The lowest BCUT2D eigenvalue weighted by atomic mass is 10.1. The number of nitrogens with one attached hydrogen (secondary N) is 1. The Bertz CT molecular complexity index is 1210. The fourth-order valence-electron chi connectivity index (χ4n) is 3.53. The number of benzene rings is 1. The van der Waals surface area contributed by atoms with Crippen LogP contribution in [0, 0.1) is 13.8 Å². The van der Waals surface area contributed by atoms with E-state index in [4.69, 9.17) is 4.74 Å². The predicted octanol–water partition coefficient (Wildman–Crippen LogP) is 3.29. The Kier molecular flexibility index (Phi) is 5.45. The fraction of sp³-hybridized carbons (Fsp3) is 0.350. The summed E-state index contributed by atoms with van der Waals surface area (Å²) in [4.78, 5) is 33.2. The van der Waals surface area contributed by atoms with Gasteiger partial charge in [0, 0.05) is 29.2 Å². The molecule has 0 spiro atoms. The number of hydrogen-bond acceptors (Lipinski definition) is 6. The highest BCUT2D eigenvalue weighted by atomic mass is 19.4. The number of nitrogens with zero attached hydrogens (tertiary/aromatic N) is 5. The minimum Gasteiger partial charge on any atom is -0.447 e. The summed E-state index contributed by atoms with van der Waals surface area (Å²) in [5.41, 5.74) is 2.68. The van der Waals surface area contributed by atoms with Gasteiger partial charge in [0.25, 0.3) is 11.6 Å². The number of cyclic esters (lactones) is 1. The van der Waals surface area contributed by atoms with Gasteiger partial charge in [-0.3, -0.25) is 9.69 Å². The molecule has 9 nitrogen and oxygen atoms in total. The minimum atomic E-state index is -4.67. The molecule has 0 atom stereocenters. The second kappa shape index (κ2) is 8.09. The zero-order chi connectivity index (χ0) is 23.0. The molecule has 32 heavy (non-hydrogen) atoms. The van der Waals surface area contributed by atoms with E-state index >= 15 is 0 Å². The molecular formula is C20H19F3N6O3. The summed E-state index contributed by atoms with van der Waals surface area (Å²) < 4.78 is 44.7. The first kappa shape index (κ1) is 21.5. The number of aryl methyl sites for hydroxylation is 2. The highest BCUT2D eigenvalue weighted by Crippen LogP contribution is 2.27. The maximum atomic E-state index is 12.9. The van der Waals surface area contributed by atoms with Gasteiger partial charge in [-0.1, -0.05) is 6.07 Å². The average molecular weight is 448 g/mol. The second-order valence-corrected chi connectivity index (χ2v) is 7.27. The Hall–Kier alpha value is -3.70. The number of carbonyl (C=O) groups is 2. The third-order valence-electron chi connectivity index (χ3n) is 5.11. The van der Waals surface area contributed by atoms with Crippen molar-refractivity contribution in [3.8, 4) is 0 Å². The first-order chi connectivity index (χ1) is 15.1. The van der Waals surface area contributed by atoms with Crippen LogP contribution in [0.3, 0.4) is 0 Å². The summed E-state index contributed by atoms with van der Waals surface area (Å²) in [6.07, 6.45) is -4.78. The van der Waals surface area contributed by atoms with E-state index in [9.17, 15) is 22.8 Å². The monoisotopic (exact) mass is 448 g/mol. The number of rotatable bonds is 5. The first-order valence-corrected chi connectivity index (χ1v) is 9.78. The first-order valence-electron chi connectivity index (χ1n) is 9.78. The summed E-state index contributed by atoms with van der Waals surface area (Å²) >= 11 is 0. The topological polar surface area (TPSA) is 102 Å². The Labute approximate surface area is 180 Å². The van der Waals surface area contributed by atoms with Crippen molar-refractivity contribution in [2.24, 2.45) is 0 Å². The molecule has 3 heterocycles. The fourth-order valence-corrected chi connectivity index (χ4v) is 3.53. The highest BCUT2D eigenvalue weighted by molar-refractivity contribution is 5.93. The third-order valence-corrected chi connectivity index (χ3v) is 5.11. The number of carbonyl (C=O) groups excluding carboxylic acids is 2. The van der Waals surface area contributed by atoms with E-state index in [1.165, 1.54) is 4.90 Å². The lowest BCUT2D eigenvalue weighted by Gasteiger charge is -2.14. The maximum Gasteiger partial charge on any atom is 0.453 e. The van der Waals surface area contributed by atoms with E-state index in [0.29, 0.717) is 41.5 Å². The molecule has 0 unspecified atom stereocenters. The largest absolute Gasteiger partial charge is 0.453 e. The summed E-state index contributed by atoms with van der Waals surface area (Å²) in [5.74, 6) is -1.69. The standard InChI is InChI=1S/C20H19F3N6O3/c1-11-15(12(2)29-18(24-11)26-17(27-29)20(21,22)23)6-7-16(30)25-13-4-3-5-14(10-13)28-8-9-32-19(28)31/h3-5,10H,6-9H2,1-2H3,(H,25,30). The van der Waals surface area contributed by atoms with Gasteiger partial charge in [0.2, 0.25) is 5.91 Å². The van der Waals surface area contributed by atoms with Gasteiger partial charge >= 0.3 is 12.3 Å². The van der Waals surface area contributed by atoms with Crippen LogP contribution < -0.4 is 10.2 Å². The number of fused-ring (bicyclic) bond motifs is 1. The van der Waals surface area contributed by atoms with Crippen LogP contribution in [0.1, 0.15) is 29.2 Å². The van der Waals surface area contributed by atoms with E-state index in [1.807, 2.05) is 0 Å². The van der Waals surface area contributed by atoms with Crippen LogP contribution in [0.4, 0.5) is 29.3 Å². The van der Waals surface area contributed by atoms with Crippen molar-refractivity contribution >= 4 is 29.2 Å². The normalized spacial score (nSPS) is 14.2. The van der Waals surface area contributed by atoms with E-state index in [-0.39, 0.29) is 24.5 Å². The van der Waals surface area contributed by atoms with Gasteiger partial charge in [-0.05, 0) is 44.0 Å². The number of anilines is 2. The van der Waals surface area contributed by atoms with Crippen molar-refractivity contribution < 1.29 is 27.5 Å². The Morgan fingerprint density at radius 2 is 2.03 bits per heavy atom. The Morgan fingerprint density at radius 3 is 2.72 bits per heavy atom. The van der Waals surface area contributed by atoms with E-state index in [0.717, 1.165) is 4.52 Å². The molecule has 0 radical (unpaired) electrons. The zero-order valence-corrected chi connectivity index (χ0v) is 17.2. The molecule has 1 aliphatic heterocycles. The predicted molar refractivity (Wildman–Crippen MR) is 107 cm³/mol. The molecule has 0 aliphatic carbocycles. The molecular weight excluding hydrogens is 429 g/mol. The molecule has 3 aromatic rings. The minimum absolute atomic E-state index is 0.0751. The van der Waals surface area contributed by atoms with Crippen LogP contribution in [0.5, 0.6) is 0 Å². The number of hydrogen-bond donors (Lipinski definition) is 1. The van der Waals surface area contributed by atoms with Crippen LogP contribution in [-0.4, -0.2) is 44.7 Å². The summed E-state index contributed by atoms with van der Waals surface area (Å²) in [6, 6.07) is 6.82. The molecule has 168 valence electrons. The van der Waals surface area contributed by atoms with Gasteiger partial charge in [-0.2, -0.15) is 18.2 Å². The second-order valence-electron chi connectivity index (χ2n) is 7.27. The molecule has 4 rings (SSSR count). The molecule has 2 aromatic heterocycles. The van der Waals surface area contributed by atoms with Gasteiger partial charge in [0.15, 0.2) is 0 Å². The molecule has 1 fully saturated rings. The molecule has 1 N–H and O–H groups in total. The van der Waals surface area contributed by atoms with Crippen molar-refractivity contribution in [1.82, 2.24) is 19.6 Å². The van der Waals surface area contributed by atoms with Crippen molar-refractivity contribution in [2.75, 3.05) is 23.4 Å². The van der Waals surface area contributed by atoms with Crippen LogP contribution in [0.25, 0.3) is 5.78 Å². The lowest BCUT2D eigenvalue weighted by Crippen LogP contribution is -2.23. The maximum absolute atomic E-state index is 12.9. The van der Waals surface area contributed by atoms with Crippen molar-refractivity contribution in [3.63, 3.8) is 0 Å². The smallest absolute Gasteiger partial charge is 0.447 e. The van der Waals surface area contributed by atoms with Gasteiger partial charge in [-0.15, -0.1) is 5.10 Å². The zero-order valence-electron chi connectivity index (χ0n) is 17.2. The van der Waals surface area contributed by atoms with Crippen molar-refractivity contribution in [1.29, 1.82) is 0 Å². The van der Waals surface area contributed by atoms with Gasteiger partial charge in [-0.25, -0.2) is 14.3 Å². The quantitative estimate of drug-likeness (QED) is 0.643. The number of alkyl halides is 3. The van der Waals surface area contributed by atoms with Crippen molar-refractivity contribution in [3.05, 3.63) is 47.0 Å². The van der Waals surface area contributed by atoms with Crippen LogP contribution in [0.2, 0.25) is 0 Å². The number of ether oxygens (including phenoxy) is 1. The van der Waals surface area contributed by atoms with Crippen LogP contribution >= 0.6 is 0 Å². The highest BCUT2D eigenvalue weighted by Gasteiger charge is 2.37. The molecule has 2 amide bonds. The summed E-state index contributed by atoms with van der Waals surface area (Å²) in [7, 11) is 0. The molecule has 1 aliphatic rings. The Balaban J connectivity index is 1.47. The van der Waals surface area contributed by atoms with Crippen molar-refractivity contribution in [2.45, 2.75) is 32.9 Å². The van der Waals surface area contributed by atoms with E-state index < -0.39 is 18.1 Å². The SMILES string of the molecule is Cc1nc2nc(C(F)(F)F)nn2c(C)c1CCC(=O)Nc1cccc(N2CCOC2=O)c1. The molecule has 12 heteroatoms. The van der Waals surface area contributed by atoms with Crippen LogP contribution in [-0.2, 0) is 22.1 Å². The van der Waals surface area contributed by atoms with Gasteiger partial charge in [0.1, 0.15) is 6.61 Å². The number of amides is 2. The molecule has 0 saturated carbocycles. The molecule has 1 saturated heterocycles. The van der Waals surface area contributed by atoms with E-state index in [1.54, 1.807) is 38.1 Å². The van der Waals surface area contributed by atoms with Crippen LogP contribution in [0.15, 0.2) is 24.3 Å². The van der Waals surface area contributed by atoms with Gasteiger partial charge < -0.3 is 10.1 Å². The number of halogens is 3. The molecule has 1 aromatic carbocycles. The van der Waals surface area contributed by atoms with Gasteiger partial charge in [0.05, 0.1) is 6.54 Å². The van der Waals surface area contributed by atoms with E-state index in [2.05, 4.69) is 20.4 Å². The lowest BCUT2D eigenvalue weighted by molar-refractivity contribution is -0.144. The Morgan fingerprint density at radius 1 is 1.25 bits per heavy atom. The summed E-state index contributed by atoms with van der Waals surface area (Å²) in [5, 5.41) is 6.28. The third kappa shape index (κ3) is 4.20. The summed E-state index contributed by atoms with van der Waals surface area (Å²) in [6.45, 7) is 4.01.